The van der Waals surface area contributed by atoms with Crippen molar-refractivity contribution in [3.8, 4) is 11.5 Å². The van der Waals surface area contributed by atoms with E-state index in [0.717, 1.165) is 5.75 Å². The van der Waals surface area contributed by atoms with Gasteiger partial charge < -0.3 is 24.6 Å². The minimum absolute atomic E-state index is 0.0119. The number of aliphatic hydroxyl groups is 1. The Bertz CT molecular complexity index is 415. The van der Waals surface area contributed by atoms with Crippen LogP contribution < -0.4 is 14.8 Å². The molecule has 2 atom stereocenters. The molecule has 0 aromatic heterocycles. The lowest BCUT2D eigenvalue weighted by molar-refractivity contribution is -0.128. The number of ether oxygens (including phenoxy) is 3. The quantitative estimate of drug-likeness (QED) is 0.710. The monoisotopic (exact) mass is 297 g/mol. The molecule has 1 aromatic rings. The summed E-state index contributed by atoms with van der Waals surface area (Å²) in [4.78, 5) is 12.0. The van der Waals surface area contributed by atoms with Crippen molar-refractivity contribution in [2.24, 2.45) is 0 Å². The van der Waals surface area contributed by atoms with Gasteiger partial charge in [-0.15, -0.1) is 0 Å². The Kier molecular flexibility index (Phi) is 7.56. The molecule has 2 unspecified atom stereocenters. The summed E-state index contributed by atoms with van der Waals surface area (Å²) in [6, 6.07) is 6.78. The Morgan fingerprint density at radius 3 is 2.38 bits per heavy atom. The van der Waals surface area contributed by atoms with E-state index in [2.05, 4.69) is 5.32 Å². The molecule has 0 spiro atoms. The third-order valence-corrected chi connectivity index (χ3v) is 2.93. The molecule has 1 aromatic carbocycles. The van der Waals surface area contributed by atoms with E-state index >= 15 is 0 Å². The summed E-state index contributed by atoms with van der Waals surface area (Å²) in [6.07, 6.45) is -0.203. The van der Waals surface area contributed by atoms with Crippen LogP contribution in [0.4, 0.5) is 0 Å². The summed E-state index contributed by atoms with van der Waals surface area (Å²) < 4.78 is 15.6. The number of carbonyl (C=O) groups excluding carboxylic acids is 1. The maximum absolute atomic E-state index is 12.0. The fourth-order valence-electron chi connectivity index (χ4n) is 1.78. The molecule has 0 saturated heterocycles. The molecule has 6 nitrogen and oxygen atoms in total. The fraction of sp³-hybridized carbons (Fsp3) is 0.533. The molecule has 6 heteroatoms. The molecular weight excluding hydrogens is 274 g/mol. The van der Waals surface area contributed by atoms with Crippen molar-refractivity contribution in [3.05, 3.63) is 24.3 Å². The van der Waals surface area contributed by atoms with Crippen molar-refractivity contribution < 1.29 is 24.1 Å². The number of hydrogen-bond donors (Lipinski definition) is 2. The predicted octanol–water partition coefficient (Wildman–Crippen LogP) is 0.976. The van der Waals surface area contributed by atoms with Crippen LogP contribution in [0.15, 0.2) is 24.3 Å². The summed E-state index contributed by atoms with van der Waals surface area (Å²) in [6.45, 7) is 2.01. The zero-order valence-corrected chi connectivity index (χ0v) is 12.7. The van der Waals surface area contributed by atoms with Crippen LogP contribution in [0.5, 0.6) is 11.5 Å². The minimum Gasteiger partial charge on any atom is -0.497 e. The van der Waals surface area contributed by atoms with Crippen LogP contribution in [0.2, 0.25) is 0 Å². The third kappa shape index (κ3) is 6.01. The van der Waals surface area contributed by atoms with Gasteiger partial charge in [-0.1, -0.05) is 0 Å². The van der Waals surface area contributed by atoms with Gasteiger partial charge in [-0.2, -0.15) is 0 Å². The highest BCUT2D eigenvalue weighted by molar-refractivity contribution is 5.81. The number of methoxy groups -OCH3 is 2. The van der Waals surface area contributed by atoms with E-state index in [1.807, 2.05) is 0 Å². The largest absolute Gasteiger partial charge is 0.497 e. The molecule has 0 radical (unpaired) electrons. The van der Waals surface area contributed by atoms with Crippen LogP contribution in [0.1, 0.15) is 13.3 Å². The zero-order valence-electron chi connectivity index (χ0n) is 12.7. The van der Waals surface area contributed by atoms with E-state index in [1.165, 1.54) is 0 Å². The van der Waals surface area contributed by atoms with Gasteiger partial charge in [0.1, 0.15) is 11.5 Å². The average molecular weight is 297 g/mol. The first-order valence-corrected chi connectivity index (χ1v) is 6.81. The summed E-state index contributed by atoms with van der Waals surface area (Å²) >= 11 is 0. The van der Waals surface area contributed by atoms with Crippen LogP contribution in [0, 0.1) is 0 Å². The van der Waals surface area contributed by atoms with Gasteiger partial charge in [-0.05, 0) is 37.6 Å². The summed E-state index contributed by atoms with van der Waals surface area (Å²) in [5.41, 5.74) is 0. The highest BCUT2D eigenvalue weighted by atomic mass is 16.5. The molecule has 1 amide bonds. The number of hydrogen-bond acceptors (Lipinski definition) is 5. The van der Waals surface area contributed by atoms with Gasteiger partial charge in [-0.25, -0.2) is 0 Å². The van der Waals surface area contributed by atoms with E-state index in [1.54, 1.807) is 45.4 Å². The molecule has 0 saturated carbocycles. The van der Waals surface area contributed by atoms with Gasteiger partial charge in [-0.3, -0.25) is 4.79 Å². The van der Waals surface area contributed by atoms with Crippen LogP contribution in [0.3, 0.4) is 0 Å². The van der Waals surface area contributed by atoms with Crippen molar-refractivity contribution in [3.63, 3.8) is 0 Å². The lowest BCUT2D eigenvalue weighted by Crippen LogP contribution is -2.44. The maximum atomic E-state index is 12.0. The van der Waals surface area contributed by atoms with Crippen LogP contribution >= 0.6 is 0 Å². The van der Waals surface area contributed by atoms with E-state index in [-0.39, 0.29) is 18.6 Å². The molecule has 21 heavy (non-hydrogen) atoms. The molecule has 0 bridgehead atoms. The molecule has 0 heterocycles. The van der Waals surface area contributed by atoms with E-state index in [4.69, 9.17) is 19.3 Å². The van der Waals surface area contributed by atoms with Gasteiger partial charge in [0.15, 0.2) is 6.10 Å². The van der Waals surface area contributed by atoms with Gasteiger partial charge in [0, 0.05) is 13.7 Å². The van der Waals surface area contributed by atoms with Gasteiger partial charge in [0.25, 0.3) is 5.91 Å². The number of nitrogens with one attached hydrogen (secondary N) is 1. The third-order valence-electron chi connectivity index (χ3n) is 2.93. The van der Waals surface area contributed by atoms with Crippen molar-refractivity contribution in [2.45, 2.75) is 25.5 Å². The van der Waals surface area contributed by atoms with Crippen molar-refractivity contribution in [2.75, 3.05) is 27.4 Å². The fourth-order valence-corrected chi connectivity index (χ4v) is 1.78. The van der Waals surface area contributed by atoms with Gasteiger partial charge in [0.2, 0.25) is 0 Å². The lowest BCUT2D eigenvalue weighted by atomic mass is 10.2. The maximum Gasteiger partial charge on any atom is 0.261 e. The predicted molar refractivity (Wildman–Crippen MR) is 78.6 cm³/mol. The highest BCUT2D eigenvalue weighted by Gasteiger charge is 2.18. The summed E-state index contributed by atoms with van der Waals surface area (Å²) in [7, 11) is 3.14. The summed E-state index contributed by atoms with van der Waals surface area (Å²) in [5.74, 6) is 1.06. The van der Waals surface area contributed by atoms with Crippen LogP contribution in [-0.4, -0.2) is 50.6 Å². The minimum atomic E-state index is -0.642. The molecule has 2 N–H and O–H groups in total. The van der Waals surface area contributed by atoms with E-state index in [0.29, 0.717) is 18.8 Å². The van der Waals surface area contributed by atoms with E-state index < -0.39 is 6.10 Å². The Morgan fingerprint density at radius 1 is 1.24 bits per heavy atom. The van der Waals surface area contributed by atoms with Gasteiger partial charge >= 0.3 is 0 Å². The Morgan fingerprint density at radius 2 is 1.86 bits per heavy atom. The summed E-state index contributed by atoms with van der Waals surface area (Å²) in [5, 5.41) is 11.7. The Balaban J connectivity index is 2.52. The first kappa shape index (κ1) is 17.3. The number of amides is 1. The molecule has 1 rings (SSSR count). The lowest BCUT2D eigenvalue weighted by Gasteiger charge is -2.20. The van der Waals surface area contributed by atoms with Crippen LogP contribution in [-0.2, 0) is 9.53 Å². The number of rotatable bonds is 9. The Hall–Kier alpha value is -1.79. The molecular formula is C15H23NO5. The van der Waals surface area contributed by atoms with Gasteiger partial charge in [0.05, 0.1) is 19.8 Å². The average Bonchev–Trinajstić information content (AvgIpc) is 2.48. The van der Waals surface area contributed by atoms with E-state index in [9.17, 15) is 4.79 Å². The number of aliphatic hydroxyl groups excluding tert-OH is 1. The zero-order chi connectivity index (χ0) is 15.7. The molecule has 0 aliphatic carbocycles. The molecule has 0 aliphatic heterocycles. The second-order valence-electron chi connectivity index (χ2n) is 4.61. The smallest absolute Gasteiger partial charge is 0.261 e. The first-order chi connectivity index (χ1) is 10.1. The topological polar surface area (TPSA) is 77.0 Å². The van der Waals surface area contributed by atoms with Crippen molar-refractivity contribution >= 4 is 5.91 Å². The van der Waals surface area contributed by atoms with Crippen molar-refractivity contribution in [1.82, 2.24) is 5.32 Å². The second kappa shape index (κ2) is 9.20. The van der Waals surface area contributed by atoms with Crippen molar-refractivity contribution in [1.29, 1.82) is 0 Å². The molecule has 0 fully saturated rings. The number of benzene rings is 1. The standard InChI is InChI=1S/C15H23NO5/c1-11(15(18)16-12(8-9-17)10-19-2)21-14-6-4-13(20-3)5-7-14/h4-7,11-12,17H,8-10H2,1-3H3,(H,16,18). The molecule has 0 aliphatic rings. The SMILES string of the molecule is COCC(CCO)NC(=O)C(C)Oc1ccc(OC)cc1. The molecule has 118 valence electrons. The Labute approximate surface area is 125 Å². The van der Waals surface area contributed by atoms with Crippen LogP contribution in [0.25, 0.3) is 0 Å². The normalized spacial score (nSPS) is 13.3. The highest BCUT2D eigenvalue weighted by Crippen LogP contribution is 2.18. The second-order valence-corrected chi connectivity index (χ2v) is 4.61. The first-order valence-electron chi connectivity index (χ1n) is 6.81. The number of carbonyl (C=O) groups is 1.